The Balaban J connectivity index is 1.41. The molecule has 36 heavy (non-hydrogen) atoms. The summed E-state index contributed by atoms with van der Waals surface area (Å²) in [5, 5.41) is 7.84. The van der Waals surface area contributed by atoms with E-state index in [9.17, 15) is 18.8 Å². The number of nitrogens with one attached hydrogen (secondary N) is 3. The summed E-state index contributed by atoms with van der Waals surface area (Å²) in [6.45, 7) is 0.239. The summed E-state index contributed by atoms with van der Waals surface area (Å²) in [4.78, 5) is 36.5. The lowest BCUT2D eigenvalue weighted by Crippen LogP contribution is -2.34. The van der Waals surface area contributed by atoms with Gasteiger partial charge in [0.05, 0.1) is 18.1 Å². The second-order valence-corrected chi connectivity index (χ2v) is 8.44. The Morgan fingerprint density at radius 1 is 0.889 bits per heavy atom. The van der Waals surface area contributed by atoms with Crippen molar-refractivity contribution in [2.45, 2.75) is 19.3 Å². The molecule has 0 heterocycles. The Hall–Kier alpha value is -3.82. The van der Waals surface area contributed by atoms with Crippen molar-refractivity contribution in [3.05, 3.63) is 94.8 Å². The van der Waals surface area contributed by atoms with Gasteiger partial charge in [0.15, 0.2) is 5.11 Å². The van der Waals surface area contributed by atoms with Crippen molar-refractivity contribution in [1.29, 1.82) is 0 Å². The molecule has 7 nitrogen and oxygen atoms in total. The van der Waals surface area contributed by atoms with Gasteiger partial charge in [-0.2, -0.15) is 0 Å². The second kappa shape index (κ2) is 13.3. The highest BCUT2D eigenvalue weighted by Gasteiger charge is 2.12. The van der Waals surface area contributed by atoms with Gasteiger partial charge in [-0.3, -0.25) is 14.4 Å². The quantitative estimate of drug-likeness (QED) is 0.264. The Morgan fingerprint density at radius 3 is 2.39 bits per heavy atom. The number of esters is 1. The van der Waals surface area contributed by atoms with E-state index in [4.69, 9.17) is 28.6 Å². The number of thiocarbonyl (C=S) groups is 1. The molecule has 2 amide bonds. The van der Waals surface area contributed by atoms with Crippen LogP contribution in [0.15, 0.2) is 72.8 Å². The molecule has 0 fully saturated rings. The number of halogens is 2. The van der Waals surface area contributed by atoms with Gasteiger partial charge in [-0.15, -0.1) is 0 Å². The normalized spacial score (nSPS) is 10.3. The molecule has 0 aliphatic carbocycles. The lowest BCUT2D eigenvalue weighted by atomic mass is 10.2. The highest BCUT2D eigenvalue weighted by molar-refractivity contribution is 7.80. The largest absolute Gasteiger partial charge is 0.465 e. The molecular formula is C26H23ClFN3O4S. The van der Waals surface area contributed by atoms with Crippen LogP contribution in [0.4, 0.5) is 15.8 Å². The maximum Gasteiger partial charge on any atom is 0.306 e. The number of ether oxygens (including phenoxy) is 1. The standard InChI is InChI=1S/C26H23ClFN3O4S/c27-21-16-20(9-10-22(21)28)29-25(34)18-7-4-8-19(15-18)30-26(36)31-23(32)11-12-24(33)35-14-13-17-5-2-1-3-6-17/h1-10,15-16H,11-14H2,(H,29,34)(H2,30,31,32,36). The van der Waals surface area contributed by atoms with E-state index in [1.165, 1.54) is 18.2 Å². The SMILES string of the molecule is O=C(CCC(=O)OCCc1ccccc1)NC(=S)Nc1cccc(C(=O)Nc2ccc(F)c(Cl)c2)c1. The van der Waals surface area contributed by atoms with Gasteiger partial charge in [0.1, 0.15) is 5.82 Å². The average Bonchev–Trinajstić information content (AvgIpc) is 2.86. The predicted octanol–water partition coefficient (Wildman–Crippen LogP) is 5.11. The molecule has 0 aromatic heterocycles. The maximum atomic E-state index is 13.3. The van der Waals surface area contributed by atoms with E-state index in [1.54, 1.807) is 18.2 Å². The van der Waals surface area contributed by atoms with Gasteiger partial charge < -0.3 is 20.7 Å². The Kier molecular flexibility index (Phi) is 9.91. The van der Waals surface area contributed by atoms with Gasteiger partial charge in [-0.25, -0.2) is 4.39 Å². The summed E-state index contributed by atoms with van der Waals surface area (Å²) in [6.07, 6.45) is 0.433. The van der Waals surface area contributed by atoms with Gasteiger partial charge in [-0.05, 0) is 54.2 Å². The van der Waals surface area contributed by atoms with Crippen LogP contribution in [-0.2, 0) is 20.7 Å². The molecule has 3 aromatic rings. The smallest absolute Gasteiger partial charge is 0.306 e. The predicted molar refractivity (Wildman–Crippen MR) is 141 cm³/mol. The van der Waals surface area contributed by atoms with Crippen molar-refractivity contribution in [3.63, 3.8) is 0 Å². The van der Waals surface area contributed by atoms with E-state index in [0.29, 0.717) is 23.4 Å². The van der Waals surface area contributed by atoms with Crippen LogP contribution in [0, 0.1) is 5.82 Å². The van der Waals surface area contributed by atoms with E-state index in [0.717, 1.165) is 11.6 Å². The molecule has 0 bridgehead atoms. The van der Waals surface area contributed by atoms with Gasteiger partial charge in [-0.1, -0.05) is 48.0 Å². The second-order valence-electron chi connectivity index (χ2n) is 7.62. The fraction of sp³-hybridized carbons (Fsp3) is 0.154. The Morgan fingerprint density at radius 2 is 1.64 bits per heavy atom. The number of carbonyl (C=O) groups excluding carboxylic acids is 3. The first-order chi connectivity index (χ1) is 17.3. The molecule has 0 saturated carbocycles. The summed E-state index contributed by atoms with van der Waals surface area (Å²) < 4.78 is 18.5. The van der Waals surface area contributed by atoms with E-state index < -0.39 is 23.6 Å². The van der Waals surface area contributed by atoms with E-state index in [2.05, 4.69) is 16.0 Å². The van der Waals surface area contributed by atoms with Crippen molar-refractivity contribution in [2.24, 2.45) is 0 Å². The van der Waals surface area contributed by atoms with Crippen LogP contribution in [0.3, 0.4) is 0 Å². The first kappa shape index (κ1) is 26.8. The van der Waals surface area contributed by atoms with Crippen LogP contribution < -0.4 is 16.0 Å². The average molecular weight is 528 g/mol. The minimum absolute atomic E-state index is 0.0142. The van der Waals surface area contributed by atoms with Crippen LogP contribution in [0.25, 0.3) is 0 Å². The molecule has 0 saturated heterocycles. The maximum absolute atomic E-state index is 13.3. The first-order valence-corrected chi connectivity index (χ1v) is 11.8. The number of benzene rings is 3. The lowest BCUT2D eigenvalue weighted by molar-refractivity contribution is -0.144. The minimum atomic E-state index is -0.587. The van der Waals surface area contributed by atoms with E-state index >= 15 is 0 Å². The molecule has 0 radical (unpaired) electrons. The number of hydrogen-bond donors (Lipinski definition) is 3. The topological polar surface area (TPSA) is 96.5 Å². The molecule has 10 heteroatoms. The first-order valence-electron chi connectivity index (χ1n) is 11.0. The number of amides is 2. The van der Waals surface area contributed by atoms with Gasteiger partial charge in [0.2, 0.25) is 5.91 Å². The monoisotopic (exact) mass is 527 g/mol. The summed E-state index contributed by atoms with van der Waals surface area (Å²) in [5.41, 5.74) is 2.16. The fourth-order valence-electron chi connectivity index (χ4n) is 3.08. The lowest BCUT2D eigenvalue weighted by Gasteiger charge is -2.11. The molecule has 186 valence electrons. The summed E-state index contributed by atoms with van der Waals surface area (Å²) in [6, 6.07) is 19.9. The molecule has 0 spiro atoms. The molecule has 3 aromatic carbocycles. The molecule has 3 N–H and O–H groups in total. The molecule has 0 aliphatic rings. The highest BCUT2D eigenvalue weighted by atomic mass is 35.5. The zero-order valence-electron chi connectivity index (χ0n) is 19.1. The molecule has 0 unspecified atom stereocenters. The van der Waals surface area contributed by atoms with Crippen molar-refractivity contribution >= 4 is 58.1 Å². The summed E-state index contributed by atoms with van der Waals surface area (Å²) in [7, 11) is 0. The van der Waals surface area contributed by atoms with Crippen molar-refractivity contribution < 1.29 is 23.5 Å². The third kappa shape index (κ3) is 8.75. The fourth-order valence-corrected chi connectivity index (χ4v) is 3.49. The number of anilines is 2. The van der Waals surface area contributed by atoms with Gasteiger partial charge >= 0.3 is 5.97 Å². The van der Waals surface area contributed by atoms with E-state index in [1.807, 2.05) is 30.3 Å². The molecule has 0 aliphatic heterocycles. The van der Waals surface area contributed by atoms with Gasteiger partial charge in [0, 0.05) is 29.8 Å². The number of carbonyl (C=O) groups is 3. The van der Waals surface area contributed by atoms with Crippen molar-refractivity contribution in [3.8, 4) is 0 Å². The van der Waals surface area contributed by atoms with E-state index in [-0.39, 0.29) is 29.6 Å². The van der Waals surface area contributed by atoms with Crippen molar-refractivity contribution in [2.75, 3.05) is 17.2 Å². The molecular weight excluding hydrogens is 505 g/mol. The molecule has 0 atom stereocenters. The van der Waals surface area contributed by atoms with Crippen LogP contribution in [0.1, 0.15) is 28.8 Å². The summed E-state index contributed by atoms with van der Waals surface area (Å²) >= 11 is 10.9. The zero-order chi connectivity index (χ0) is 25.9. The third-order valence-electron chi connectivity index (χ3n) is 4.87. The van der Waals surface area contributed by atoms with Crippen LogP contribution in [0.5, 0.6) is 0 Å². The van der Waals surface area contributed by atoms with Crippen LogP contribution in [0.2, 0.25) is 5.02 Å². The van der Waals surface area contributed by atoms with Gasteiger partial charge in [0.25, 0.3) is 5.91 Å². The highest BCUT2D eigenvalue weighted by Crippen LogP contribution is 2.20. The minimum Gasteiger partial charge on any atom is -0.465 e. The Bertz CT molecular complexity index is 1260. The zero-order valence-corrected chi connectivity index (χ0v) is 20.6. The number of rotatable bonds is 9. The third-order valence-corrected chi connectivity index (χ3v) is 5.36. The Labute approximate surface area is 218 Å². The summed E-state index contributed by atoms with van der Waals surface area (Å²) in [5.74, 6) is -1.95. The van der Waals surface area contributed by atoms with Crippen LogP contribution in [-0.4, -0.2) is 29.5 Å². The van der Waals surface area contributed by atoms with Crippen LogP contribution >= 0.6 is 23.8 Å². The molecule has 3 rings (SSSR count). The number of hydrogen-bond acceptors (Lipinski definition) is 5. The van der Waals surface area contributed by atoms with Crippen molar-refractivity contribution in [1.82, 2.24) is 5.32 Å².